The number of hydrogen-bond acceptors (Lipinski definition) is 11. The maximum absolute atomic E-state index is 13.7. The molecule has 11 nitrogen and oxygen atoms in total. The highest BCUT2D eigenvalue weighted by Gasteiger charge is 2.49. The molecule has 1 fully saturated rings. The van der Waals surface area contributed by atoms with E-state index < -0.39 is 29.5 Å². The molecule has 228 valence electrons. The van der Waals surface area contributed by atoms with E-state index in [1.54, 1.807) is 50.2 Å². The van der Waals surface area contributed by atoms with Crippen molar-refractivity contribution in [3.8, 4) is 23.0 Å². The molecule has 12 heteroatoms. The summed E-state index contributed by atoms with van der Waals surface area (Å²) >= 11 is 0.917. The first-order chi connectivity index (χ1) is 20.7. The lowest BCUT2D eigenvalue weighted by Gasteiger charge is -2.24. The van der Waals surface area contributed by atoms with Crippen molar-refractivity contribution in [2.75, 3.05) is 39.4 Å². The molecule has 2 heterocycles. The summed E-state index contributed by atoms with van der Waals surface area (Å²) in [7, 11) is 4.34. The fraction of sp³-hybridized carbons (Fsp3) is 0.355. The van der Waals surface area contributed by atoms with Gasteiger partial charge >= 0.3 is 11.9 Å². The standard InChI is InChI=1S/C31H34N2O9S/c1-7-9-14-42-20-12-10-18(11-13-20)25(34)23-24(19-15-21(38-4)27(40-6)22(16-19)39-5)33(29(36)26(23)35)31-32-17(3)28(43-31)30(37)41-8-2/h10-13,15-16,24,34H,7-9,14H2,1-6H3. The van der Waals surface area contributed by atoms with Crippen LogP contribution in [0.5, 0.6) is 23.0 Å². The number of aliphatic hydroxyl groups excluding tert-OH is 1. The zero-order chi connectivity index (χ0) is 31.3. The van der Waals surface area contributed by atoms with Gasteiger partial charge in [0.05, 0.1) is 51.9 Å². The first kappa shape index (κ1) is 31.4. The molecule has 43 heavy (non-hydrogen) atoms. The van der Waals surface area contributed by atoms with Gasteiger partial charge in [0, 0.05) is 5.56 Å². The zero-order valence-electron chi connectivity index (χ0n) is 24.9. The monoisotopic (exact) mass is 610 g/mol. The lowest BCUT2D eigenvalue weighted by molar-refractivity contribution is -0.132. The van der Waals surface area contributed by atoms with Crippen LogP contribution in [0, 0.1) is 6.92 Å². The number of ether oxygens (including phenoxy) is 5. The number of Topliss-reactive ketones (excluding diaryl/α,β-unsaturated/α-hetero) is 1. The van der Waals surface area contributed by atoms with Crippen molar-refractivity contribution in [3.63, 3.8) is 0 Å². The second-order valence-electron chi connectivity index (χ2n) is 9.49. The van der Waals surface area contributed by atoms with Crippen LogP contribution in [0.15, 0.2) is 42.0 Å². The van der Waals surface area contributed by atoms with E-state index in [9.17, 15) is 19.5 Å². The van der Waals surface area contributed by atoms with E-state index in [-0.39, 0.29) is 33.7 Å². The Morgan fingerprint density at radius 1 is 1.02 bits per heavy atom. The van der Waals surface area contributed by atoms with Crippen molar-refractivity contribution in [3.05, 3.63) is 63.7 Å². The van der Waals surface area contributed by atoms with Crippen molar-refractivity contribution in [1.29, 1.82) is 0 Å². The summed E-state index contributed by atoms with van der Waals surface area (Å²) < 4.78 is 27.4. The first-order valence-corrected chi connectivity index (χ1v) is 14.5. The summed E-state index contributed by atoms with van der Waals surface area (Å²) in [5.41, 5.74) is 0.841. The number of carbonyl (C=O) groups excluding carboxylic acids is 3. The summed E-state index contributed by atoms with van der Waals surface area (Å²) in [4.78, 5) is 45.7. The highest BCUT2D eigenvalue weighted by molar-refractivity contribution is 7.17. The number of benzene rings is 2. The van der Waals surface area contributed by atoms with Crippen LogP contribution in [0.3, 0.4) is 0 Å². The number of esters is 1. The quantitative estimate of drug-likeness (QED) is 0.0926. The lowest BCUT2D eigenvalue weighted by Crippen LogP contribution is -2.29. The third-order valence-corrected chi connectivity index (χ3v) is 7.93. The molecule has 0 bridgehead atoms. The minimum Gasteiger partial charge on any atom is -0.507 e. The van der Waals surface area contributed by atoms with Gasteiger partial charge in [-0.3, -0.25) is 14.5 Å². The molecule has 1 atom stereocenters. The van der Waals surface area contributed by atoms with Crippen LogP contribution < -0.4 is 23.8 Å². The molecular weight excluding hydrogens is 576 g/mol. The number of unbranched alkanes of at least 4 members (excludes halogenated alkanes) is 1. The molecule has 1 unspecified atom stereocenters. The number of amides is 1. The van der Waals surface area contributed by atoms with Gasteiger partial charge in [-0.15, -0.1) is 0 Å². The van der Waals surface area contributed by atoms with Crippen LogP contribution >= 0.6 is 11.3 Å². The van der Waals surface area contributed by atoms with Gasteiger partial charge in [0.1, 0.15) is 16.4 Å². The third kappa shape index (κ3) is 6.14. The number of nitrogens with zero attached hydrogens (tertiary/aromatic N) is 2. The van der Waals surface area contributed by atoms with Crippen LogP contribution in [0.2, 0.25) is 0 Å². The Balaban J connectivity index is 1.91. The molecule has 1 aliphatic heterocycles. The van der Waals surface area contributed by atoms with E-state index in [0.717, 1.165) is 29.1 Å². The van der Waals surface area contributed by atoms with Crippen LogP contribution in [-0.4, -0.2) is 62.3 Å². The largest absolute Gasteiger partial charge is 0.507 e. The van der Waals surface area contributed by atoms with Gasteiger partial charge in [0.25, 0.3) is 5.78 Å². The molecule has 0 spiro atoms. The van der Waals surface area contributed by atoms with E-state index in [1.807, 2.05) is 0 Å². The number of hydrogen-bond donors (Lipinski definition) is 1. The Morgan fingerprint density at radius 3 is 2.23 bits per heavy atom. The number of carbonyl (C=O) groups is 3. The van der Waals surface area contributed by atoms with Crippen molar-refractivity contribution < 1.29 is 43.2 Å². The van der Waals surface area contributed by atoms with Crippen molar-refractivity contribution in [1.82, 2.24) is 4.98 Å². The number of rotatable bonds is 12. The maximum Gasteiger partial charge on any atom is 0.350 e. The molecular formula is C31H34N2O9S. The van der Waals surface area contributed by atoms with Gasteiger partial charge in [-0.05, 0) is 62.2 Å². The molecule has 1 amide bonds. The average molecular weight is 611 g/mol. The van der Waals surface area contributed by atoms with E-state index in [4.69, 9.17) is 23.7 Å². The van der Waals surface area contributed by atoms with Gasteiger partial charge in [0.15, 0.2) is 16.6 Å². The number of ketones is 1. The van der Waals surface area contributed by atoms with Gasteiger partial charge < -0.3 is 28.8 Å². The fourth-order valence-electron chi connectivity index (χ4n) is 4.67. The number of thiazole rings is 1. The maximum atomic E-state index is 13.7. The molecule has 0 saturated carbocycles. The molecule has 0 aliphatic carbocycles. The molecule has 1 aliphatic rings. The van der Waals surface area contributed by atoms with E-state index in [1.165, 1.54) is 21.3 Å². The summed E-state index contributed by atoms with van der Waals surface area (Å²) in [5.74, 6) is -1.37. The zero-order valence-corrected chi connectivity index (χ0v) is 25.7. The molecule has 1 N–H and O–H groups in total. The van der Waals surface area contributed by atoms with Gasteiger partial charge in [-0.2, -0.15) is 0 Å². The predicted molar refractivity (Wildman–Crippen MR) is 161 cm³/mol. The molecule has 1 aromatic heterocycles. The van der Waals surface area contributed by atoms with Crippen molar-refractivity contribution in [2.45, 2.75) is 39.7 Å². The van der Waals surface area contributed by atoms with Gasteiger partial charge in [-0.1, -0.05) is 24.7 Å². The van der Waals surface area contributed by atoms with E-state index in [0.29, 0.717) is 34.9 Å². The Labute approximate surface area is 253 Å². The van der Waals surface area contributed by atoms with Gasteiger partial charge in [0.2, 0.25) is 5.75 Å². The second kappa shape index (κ2) is 13.6. The van der Waals surface area contributed by atoms with Crippen molar-refractivity contribution >= 4 is 39.9 Å². The Morgan fingerprint density at radius 2 is 1.67 bits per heavy atom. The Kier molecular flexibility index (Phi) is 9.92. The molecule has 3 aromatic rings. The molecule has 1 saturated heterocycles. The minimum absolute atomic E-state index is 0.0835. The summed E-state index contributed by atoms with van der Waals surface area (Å²) in [6.07, 6.45) is 1.88. The number of anilines is 1. The Hall–Kier alpha value is -4.58. The predicted octanol–water partition coefficient (Wildman–Crippen LogP) is 5.46. The number of methoxy groups -OCH3 is 3. The first-order valence-electron chi connectivity index (χ1n) is 13.7. The van der Waals surface area contributed by atoms with Crippen LogP contribution in [0.1, 0.15) is 59.2 Å². The molecule has 0 radical (unpaired) electrons. The van der Waals surface area contributed by atoms with E-state index >= 15 is 0 Å². The highest BCUT2D eigenvalue weighted by atomic mass is 32.1. The normalized spacial score (nSPS) is 15.9. The Bertz CT molecular complexity index is 1520. The van der Waals surface area contributed by atoms with E-state index in [2.05, 4.69) is 11.9 Å². The van der Waals surface area contributed by atoms with Crippen LogP contribution in [0.4, 0.5) is 5.13 Å². The number of aryl methyl sites for hydroxylation is 1. The van der Waals surface area contributed by atoms with Crippen molar-refractivity contribution in [2.24, 2.45) is 0 Å². The molecule has 4 rings (SSSR count). The number of aromatic nitrogens is 1. The summed E-state index contributed by atoms with van der Waals surface area (Å²) in [5, 5.41) is 11.6. The van der Waals surface area contributed by atoms with Crippen LogP contribution in [-0.2, 0) is 14.3 Å². The molecule has 2 aromatic carbocycles. The minimum atomic E-state index is -1.16. The topological polar surface area (TPSA) is 134 Å². The smallest absolute Gasteiger partial charge is 0.350 e. The van der Waals surface area contributed by atoms with Crippen LogP contribution in [0.25, 0.3) is 5.76 Å². The van der Waals surface area contributed by atoms with Gasteiger partial charge in [-0.25, -0.2) is 9.78 Å². The lowest BCUT2D eigenvalue weighted by atomic mass is 9.94. The highest BCUT2D eigenvalue weighted by Crippen LogP contribution is 2.48. The fourth-order valence-corrected chi connectivity index (χ4v) is 5.66. The SMILES string of the molecule is CCCCOc1ccc(C(O)=C2C(=O)C(=O)N(c3nc(C)c(C(=O)OCC)s3)C2c2cc(OC)c(OC)c(OC)c2)cc1. The summed E-state index contributed by atoms with van der Waals surface area (Å²) in [6, 6.07) is 8.63. The number of aliphatic hydroxyl groups is 1. The average Bonchev–Trinajstić information content (AvgIpc) is 3.52. The second-order valence-corrected chi connectivity index (χ2v) is 10.5. The summed E-state index contributed by atoms with van der Waals surface area (Å²) in [6.45, 7) is 6.07. The third-order valence-electron chi connectivity index (χ3n) is 6.79.